The molecule has 8 heterocycles. The fourth-order valence-corrected chi connectivity index (χ4v) is 7.21. The number of H-pyrrole nitrogens is 2. The maximum Gasteiger partial charge on any atom is 0.262 e. The first-order valence-electron chi connectivity index (χ1n) is 17.8. The highest BCUT2D eigenvalue weighted by Gasteiger charge is 2.38. The van der Waals surface area contributed by atoms with Gasteiger partial charge in [0.1, 0.15) is 34.1 Å². The van der Waals surface area contributed by atoms with Crippen LogP contribution in [0.4, 0.5) is 0 Å². The number of rotatable bonds is 6. The number of pyridine rings is 2. The molecule has 2 aliphatic carbocycles. The Bertz CT molecular complexity index is 2550. The highest BCUT2D eigenvalue weighted by Crippen LogP contribution is 2.47. The Balaban J connectivity index is 0.000000142. The molecule has 8 aromatic rings. The minimum absolute atomic E-state index is 0.0999. The molecular formula is C38H34N14O2. The summed E-state index contributed by atoms with van der Waals surface area (Å²) in [4.78, 5) is 66.5. The smallest absolute Gasteiger partial charge is 0.262 e. The van der Waals surface area contributed by atoms with Gasteiger partial charge in [0, 0.05) is 60.9 Å². The van der Waals surface area contributed by atoms with Gasteiger partial charge in [-0.25, -0.2) is 39.3 Å². The third-order valence-electron chi connectivity index (χ3n) is 10.5. The zero-order chi connectivity index (χ0) is 36.8. The van der Waals surface area contributed by atoms with Crippen LogP contribution in [0.5, 0.6) is 0 Å². The van der Waals surface area contributed by atoms with E-state index in [-0.39, 0.29) is 34.8 Å². The van der Waals surface area contributed by atoms with E-state index in [0.717, 1.165) is 59.8 Å². The average molecular weight is 719 g/mol. The van der Waals surface area contributed by atoms with Gasteiger partial charge in [-0.15, -0.1) is 0 Å². The van der Waals surface area contributed by atoms with Crippen LogP contribution in [0.1, 0.15) is 83.8 Å². The van der Waals surface area contributed by atoms with Crippen LogP contribution in [-0.2, 0) is 0 Å². The van der Waals surface area contributed by atoms with E-state index in [0.29, 0.717) is 33.7 Å². The fourth-order valence-electron chi connectivity index (χ4n) is 7.21. The molecule has 0 aromatic carbocycles. The fraction of sp³-hybridized carbons (Fsp3) is 0.263. The summed E-state index contributed by atoms with van der Waals surface area (Å²) in [5.41, 5.74) is 4.38. The van der Waals surface area contributed by atoms with Crippen LogP contribution >= 0.6 is 0 Å². The van der Waals surface area contributed by atoms with E-state index < -0.39 is 0 Å². The van der Waals surface area contributed by atoms with E-state index in [1.807, 2.05) is 26.0 Å². The van der Waals surface area contributed by atoms with E-state index in [2.05, 4.69) is 50.1 Å². The standard InChI is InChI=1S/2C19H17N7O/c2*1-11-5-8-20-10-15(11)26-18-14(9-23-26)19(27)25-17(24-18)13-4-3-12(13)16-21-6-2-7-22-16/h2*2,5-10,12-13H,3-4H2,1H3,(H,24,25,27)/t2*12-,13+/m10/s1. The SMILES string of the molecule is Cc1ccncc1-n1ncc2c(=O)[nH]c([C@@H]3CC[C@@H]3c3ncccn3)nc21.Cc1ccncc1-n1ncc2c(=O)[nH]c([C@H]3CC[C@H]3c3ncccn3)nc21. The predicted octanol–water partition coefficient (Wildman–Crippen LogP) is 4.53. The van der Waals surface area contributed by atoms with Gasteiger partial charge in [-0.3, -0.25) is 19.6 Å². The van der Waals surface area contributed by atoms with Crippen molar-refractivity contribution in [2.45, 2.75) is 63.2 Å². The first-order chi connectivity index (χ1) is 26.4. The molecule has 0 aliphatic heterocycles. The molecule has 8 aromatic heterocycles. The van der Waals surface area contributed by atoms with Crippen molar-refractivity contribution >= 4 is 22.1 Å². The van der Waals surface area contributed by atoms with Gasteiger partial charge in [0.25, 0.3) is 11.1 Å². The summed E-state index contributed by atoms with van der Waals surface area (Å²) in [7, 11) is 0. The van der Waals surface area contributed by atoms with Crippen molar-refractivity contribution in [2.75, 3.05) is 0 Å². The molecule has 16 nitrogen and oxygen atoms in total. The van der Waals surface area contributed by atoms with Crippen molar-refractivity contribution in [3.63, 3.8) is 0 Å². The lowest BCUT2D eigenvalue weighted by Crippen LogP contribution is -2.27. The quantitative estimate of drug-likeness (QED) is 0.243. The second-order valence-corrected chi connectivity index (χ2v) is 13.6. The van der Waals surface area contributed by atoms with E-state index in [1.165, 1.54) is 0 Å². The van der Waals surface area contributed by atoms with Crippen LogP contribution in [0, 0.1) is 13.8 Å². The summed E-state index contributed by atoms with van der Waals surface area (Å²) < 4.78 is 3.37. The molecular weight excluding hydrogens is 685 g/mol. The Morgan fingerprint density at radius 2 is 0.963 bits per heavy atom. The molecule has 54 heavy (non-hydrogen) atoms. The van der Waals surface area contributed by atoms with Crippen molar-refractivity contribution in [3.8, 4) is 11.4 Å². The number of nitrogens with zero attached hydrogens (tertiary/aromatic N) is 12. The summed E-state index contributed by atoms with van der Waals surface area (Å²) in [6.45, 7) is 3.96. The molecule has 2 aliphatic rings. The second kappa shape index (κ2) is 13.6. The van der Waals surface area contributed by atoms with Crippen LogP contribution < -0.4 is 11.1 Å². The van der Waals surface area contributed by atoms with Gasteiger partial charge in [-0.1, -0.05) is 0 Å². The van der Waals surface area contributed by atoms with Gasteiger partial charge < -0.3 is 9.97 Å². The molecule has 0 bridgehead atoms. The molecule has 16 heteroatoms. The van der Waals surface area contributed by atoms with Crippen LogP contribution in [0.15, 0.2) is 95.8 Å². The topological polar surface area (TPSA) is 204 Å². The monoisotopic (exact) mass is 718 g/mol. The van der Waals surface area contributed by atoms with Crippen molar-refractivity contribution in [1.29, 1.82) is 0 Å². The van der Waals surface area contributed by atoms with Crippen LogP contribution in [0.3, 0.4) is 0 Å². The van der Waals surface area contributed by atoms with E-state index in [1.54, 1.807) is 83.5 Å². The maximum atomic E-state index is 12.6. The molecule has 2 saturated carbocycles. The zero-order valence-corrected chi connectivity index (χ0v) is 29.4. The molecule has 0 unspecified atom stereocenters. The summed E-state index contributed by atoms with van der Waals surface area (Å²) in [6.07, 6.45) is 20.9. The van der Waals surface area contributed by atoms with Gasteiger partial charge in [-0.05, 0) is 74.9 Å². The molecule has 0 spiro atoms. The Kier molecular flexibility index (Phi) is 8.33. The van der Waals surface area contributed by atoms with Crippen LogP contribution in [-0.4, -0.2) is 69.4 Å². The van der Waals surface area contributed by atoms with Crippen LogP contribution in [0.25, 0.3) is 33.4 Å². The molecule has 2 fully saturated rings. The highest BCUT2D eigenvalue weighted by molar-refractivity contribution is 5.76. The lowest BCUT2D eigenvalue weighted by molar-refractivity contribution is 0.319. The molecule has 4 atom stereocenters. The summed E-state index contributed by atoms with van der Waals surface area (Å²) in [5.74, 6) is 3.47. The normalized spacial score (nSPS) is 19.1. The average Bonchev–Trinajstić information content (AvgIpc) is 3.78. The highest BCUT2D eigenvalue weighted by atomic mass is 16.1. The maximum absolute atomic E-state index is 12.6. The summed E-state index contributed by atoms with van der Waals surface area (Å²) in [6, 6.07) is 7.42. The first-order valence-corrected chi connectivity index (χ1v) is 17.8. The third-order valence-corrected chi connectivity index (χ3v) is 10.5. The largest absolute Gasteiger partial charge is 0.310 e. The minimum Gasteiger partial charge on any atom is -0.310 e. The lowest BCUT2D eigenvalue weighted by atomic mass is 9.72. The molecule has 268 valence electrons. The van der Waals surface area contributed by atoms with E-state index in [9.17, 15) is 9.59 Å². The first kappa shape index (κ1) is 33.0. The molecule has 0 radical (unpaired) electrons. The third kappa shape index (κ3) is 5.81. The Hall–Kier alpha value is -6.84. The van der Waals surface area contributed by atoms with Crippen molar-refractivity contribution in [2.24, 2.45) is 0 Å². The van der Waals surface area contributed by atoms with Gasteiger partial charge in [0.05, 0.1) is 36.2 Å². The van der Waals surface area contributed by atoms with Crippen molar-refractivity contribution in [1.82, 2.24) is 69.4 Å². The number of aromatic amines is 2. The number of hydrogen-bond acceptors (Lipinski definition) is 12. The zero-order valence-electron chi connectivity index (χ0n) is 29.4. The predicted molar refractivity (Wildman–Crippen MR) is 198 cm³/mol. The number of nitrogens with one attached hydrogen (secondary N) is 2. The Labute approximate surface area is 306 Å². The Morgan fingerprint density at radius 1 is 0.556 bits per heavy atom. The number of aromatic nitrogens is 14. The van der Waals surface area contributed by atoms with E-state index >= 15 is 0 Å². The number of hydrogen-bond donors (Lipinski definition) is 2. The second-order valence-electron chi connectivity index (χ2n) is 13.6. The molecule has 2 N–H and O–H groups in total. The minimum atomic E-state index is -0.178. The van der Waals surface area contributed by atoms with Crippen molar-refractivity contribution in [3.05, 3.63) is 141 Å². The van der Waals surface area contributed by atoms with Gasteiger partial charge in [0.15, 0.2) is 11.3 Å². The summed E-state index contributed by atoms with van der Waals surface area (Å²) in [5, 5.41) is 9.69. The number of aryl methyl sites for hydroxylation is 2. The molecule has 0 amide bonds. The van der Waals surface area contributed by atoms with Crippen LogP contribution in [0.2, 0.25) is 0 Å². The molecule has 0 saturated heterocycles. The number of fused-ring (bicyclic) bond motifs is 2. The Morgan fingerprint density at radius 3 is 1.33 bits per heavy atom. The van der Waals surface area contributed by atoms with Gasteiger partial charge in [-0.2, -0.15) is 10.2 Å². The lowest BCUT2D eigenvalue weighted by Gasteiger charge is -2.34. The summed E-state index contributed by atoms with van der Waals surface area (Å²) >= 11 is 0. The van der Waals surface area contributed by atoms with Gasteiger partial charge >= 0.3 is 0 Å². The van der Waals surface area contributed by atoms with Gasteiger partial charge in [0.2, 0.25) is 0 Å². The van der Waals surface area contributed by atoms with E-state index in [4.69, 9.17) is 9.97 Å². The molecule has 10 rings (SSSR count). The van der Waals surface area contributed by atoms with Crippen molar-refractivity contribution < 1.29 is 0 Å².